The Bertz CT molecular complexity index is 1180. The molecule has 2 aromatic heterocycles. The van der Waals surface area contributed by atoms with Gasteiger partial charge in [0, 0.05) is 29.3 Å². The number of thiophene rings is 1. The molecule has 0 saturated heterocycles. The summed E-state index contributed by atoms with van der Waals surface area (Å²) in [4.78, 5) is 38.2. The number of pyridine rings is 1. The Morgan fingerprint density at radius 1 is 1.21 bits per heavy atom. The lowest BCUT2D eigenvalue weighted by Gasteiger charge is -2.12. The van der Waals surface area contributed by atoms with Crippen molar-refractivity contribution in [1.82, 2.24) is 4.57 Å². The molecule has 0 spiro atoms. The van der Waals surface area contributed by atoms with E-state index in [0.29, 0.717) is 10.6 Å². The fourth-order valence-corrected chi connectivity index (χ4v) is 5.36. The first kappa shape index (κ1) is 19.4. The molecule has 2 heterocycles. The van der Waals surface area contributed by atoms with Crippen LogP contribution in [0.15, 0.2) is 35.1 Å². The van der Waals surface area contributed by atoms with Crippen LogP contribution in [-0.2, 0) is 24.2 Å². The highest BCUT2D eigenvalue weighted by atomic mass is 32.1. The number of hydrogen-bond donors (Lipinski definition) is 2. The molecule has 3 N–H and O–H groups in total. The van der Waals surface area contributed by atoms with Crippen molar-refractivity contribution in [3.63, 3.8) is 0 Å². The van der Waals surface area contributed by atoms with Crippen LogP contribution < -0.4 is 16.6 Å². The summed E-state index contributed by atoms with van der Waals surface area (Å²) in [7, 11) is 0. The molecular formula is C22H23N3O3S. The van der Waals surface area contributed by atoms with E-state index in [4.69, 9.17) is 5.73 Å². The molecule has 4 rings (SSSR count). The Morgan fingerprint density at radius 2 is 1.97 bits per heavy atom. The van der Waals surface area contributed by atoms with Crippen LogP contribution in [0.5, 0.6) is 0 Å². The quantitative estimate of drug-likeness (QED) is 0.676. The molecule has 0 saturated carbocycles. The number of primary amides is 1. The summed E-state index contributed by atoms with van der Waals surface area (Å²) in [6.45, 7) is 2.17. The number of nitrogens with one attached hydrogen (secondary N) is 1. The third kappa shape index (κ3) is 3.70. The molecule has 1 aliphatic carbocycles. The van der Waals surface area contributed by atoms with Crippen LogP contribution in [0.3, 0.4) is 0 Å². The number of carbonyl (C=O) groups is 2. The average molecular weight is 410 g/mol. The third-order valence-corrected chi connectivity index (χ3v) is 6.67. The Morgan fingerprint density at radius 3 is 2.76 bits per heavy atom. The number of rotatable bonds is 5. The van der Waals surface area contributed by atoms with Gasteiger partial charge in [0.15, 0.2) is 0 Å². The largest absolute Gasteiger partial charge is 0.365 e. The van der Waals surface area contributed by atoms with Crippen LogP contribution in [-0.4, -0.2) is 16.4 Å². The summed E-state index contributed by atoms with van der Waals surface area (Å²) in [5.41, 5.74) is 8.64. The van der Waals surface area contributed by atoms with Gasteiger partial charge in [0.25, 0.3) is 11.5 Å². The maximum Gasteiger partial charge on any atom is 0.251 e. The van der Waals surface area contributed by atoms with Crippen molar-refractivity contribution in [3.05, 3.63) is 62.3 Å². The number of hydrogen-bond acceptors (Lipinski definition) is 4. The van der Waals surface area contributed by atoms with Crippen molar-refractivity contribution in [1.29, 1.82) is 0 Å². The van der Waals surface area contributed by atoms with Crippen LogP contribution in [0.25, 0.3) is 10.9 Å². The lowest BCUT2D eigenvalue weighted by molar-refractivity contribution is -0.116. The Kier molecular flexibility index (Phi) is 5.24. The lowest BCUT2D eigenvalue weighted by atomic mass is 9.95. The molecule has 0 aliphatic heterocycles. The number of aryl methyl sites for hydroxylation is 3. The molecule has 0 unspecified atom stereocenters. The Balaban J connectivity index is 1.55. The zero-order valence-electron chi connectivity index (χ0n) is 16.3. The number of amides is 2. The van der Waals surface area contributed by atoms with E-state index in [1.165, 1.54) is 11.3 Å². The van der Waals surface area contributed by atoms with Crippen LogP contribution in [0, 0.1) is 6.92 Å². The third-order valence-electron chi connectivity index (χ3n) is 5.46. The standard InChI is InChI=1S/C22H23N3O3S/c1-13-12-19(27)25(16-8-4-2-6-14(13)16)11-10-18(26)24-22-20(21(23)28)15-7-3-5-9-17(15)29-22/h2,4,6,8,12H,3,5,7,9-11H2,1H3,(H2,23,28)(H,24,26). The molecule has 6 nitrogen and oxygen atoms in total. The van der Waals surface area contributed by atoms with E-state index >= 15 is 0 Å². The number of fused-ring (bicyclic) bond motifs is 2. The maximum absolute atomic E-state index is 12.6. The van der Waals surface area contributed by atoms with E-state index in [0.717, 1.165) is 52.6 Å². The van der Waals surface area contributed by atoms with Gasteiger partial charge in [-0.1, -0.05) is 18.2 Å². The molecule has 0 radical (unpaired) electrons. The predicted molar refractivity (Wildman–Crippen MR) is 116 cm³/mol. The number of para-hydroxylation sites is 1. The highest BCUT2D eigenvalue weighted by Crippen LogP contribution is 2.37. The number of nitrogens with two attached hydrogens (primary N) is 1. The van der Waals surface area contributed by atoms with Crippen molar-refractivity contribution in [2.24, 2.45) is 5.73 Å². The van der Waals surface area contributed by atoms with E-state index in [2.05, 4.69) is 5.32 Å². The summed E-state index contributed by atoms with van der Waals surface area (Å²) >= 11 is 1.45. The molecule has 150 valence electrons. The summed E-state index contributed by atoms with van der Waals surface area (Å²) in [6, 6.07) is 9.27. The van der Waals surface area contributed by atoms with Gasteiger partial charge in [-0.15, -0.1) is 11.3 Å². The van der Waals surface area contributed by atoms with Gasteiger partial charge < -0.3 is 15.6 Å². The fourth-order valence-electron chi connectivity index (χ4n) is 4.05. The van der Waals surface area contributed by atoms with E-state index in [-0.39, 0.29) is 24.4 Å². The SMILES string of the molecule is Cc1cc(=O)n(CCC(=O)Nc2sc3c(c2C(N)=O)CCCC3)c2ccccc12. The number of carbonyl (C=O) groups excluding carboxylic acids is 2. The fraction of sp³-hybridized carbons (Fsp3) is 0.318. The second kappa shape index (κ2) is 7.83. The van der Waals surface area contributed by atoms with E-state index < -0.39 is 5.91 Å². The first-order chi connectivity index (χ1) is 14.0. The molecule has 1 aliphatic rings. The first-order valence-corrected chi connectivity index (χ1v) is 10.6. The number of nitrogens with zero attached hydrogens (tertiary/aromatic N) is 1. The number of aromatic nitrogens is 1. The smallest absolute Gasteiger partial charge is 0.251 e. The van der Waals surface area contributed by atoms with Crippen LogP contribution in [0.2, 0.25) is 0 Å². The van der Waals surface area contributed by atoms with Gasteiger partial charge in [-0.25, -0.2) is 0 Å². The zero-order chi connectivity index (χ0) is 20.5. The minimum atomic E-state index is -0.500. The summed E-state index contributed by atoms with van der Waals surface area (Å²) in [6.07, 6.45) is 3.99. The molecule has 1 aromatic carbocycles. The Labute approximate surface area is 172 Å². The van der Waals surface area contributed by atoms with Gasteiger partial charge in [0.1, 0.15) is 5.00 Å². The van der Waals surface area contributed by atoms with Gasteiger partial charge in [-0.2, -0.15) is 0 Å². The van der Waals surface area contributed by atoms with Gasteiger partial charge in [0.05, 0.1) is 11.1 Å². The summed E-state index contributed by atoms with van der Waals surface area (Å²) < 4.78 is 1.62. The monoisotopic (exact) mass is 409 g/mol. The topological polar surface area (TPSA) is 94.2 Å². The number of anilines is 1. The second-order valence-electron chi connectivity index (χ2n) is 7.41. The van der Waals surface area contributed by atoms with Crippen molar-refractivity contribution >= 4 is 39.1 Å². The molecule has 29 heavy (non-hydrogen) atoms. The van der Waals surface area contributed by atoms with Gasteiger partial charge in [-0.3, -0.25) is 14.4 Å². The van der Waals surface area contributed by atoms with Crippen LogP contribution in [0.4, 0.5) is 5.00 Å². The molecule has 0 atom stereocenters. The molecular weight excluding hydrogens is 386 g/mol. The van der Waals surface area contributed by atoms with Crippen molar-refractivity contribution in [2.75, 3.05) is 5.32 Å². The van der Waals surface area contributed by atoms with Crippen molar-refractivity contribution in [2.45, 2.75) is 45.6 Å². The Hall–Kier alpha value is -2.93. The van der Waals surface area contributed by atoms with E-state index in [9.17, 15) is 14.4 Å². The minimum absolute atomic E-state index is 0.126. The highest BCUT2D eigenvalue weighted by Gasteiger charge is 2.24. The summed E-state index contributed by atoms with van der Waals surface area (Å²) in [5, 5.41) is 4.39. The van der Waals surface area contributed by atoms with Crippen LogP contribution in [0.1, 0.15) is 45.6 Å². The number of benzene rings is 1. The van der Waals surface area contributed by atoms with Crippen LogP contribution >= 0.6 is 11.3 Å². The van der Waals surface area contributed by atoms with Gasteiger partial charge in [-0.05, 0) is 49.8 Å². The van der Waals surface area contributed by atoms with Gasteiger partial charge >= 0.3 is 0 Å². The van der Waals surface area contributed by atoms with Crippen molar-refractivity contribution < 1.29 is 9.59 Å². The minimum Gasteiger partial charge on any atom is -0.365 e. The molecule has 3 aromatic rings. The molecule has 2 amide bonds. The van der Waals surface area contributed by atoms with Crippen molar-refractivity contribution in [3.8, 4) is 0 Å². The van der Waals surface area contributed by atoms with E-state index in [1.54, 1.807) is 10.6 Å². The average Bonchev–Trinajstić information content (AvgIpc) is 3.05. The molecule has 0 fully saturated rings. The zero-order valence-corrected chi connectivity index (χ0v) is 17.1. The highest BCUT2D eigenvalue weighted by molar-refractivity contribution is 7.17. The second-order valence-corrected chi connectivity index (χ2v) is 8.52. The van der Waals surface area contributed by atoms with Gasteiger partial charge in [0.2, 0.25) is 5.91 Å². The lowest BCUT2D eigenvalue weighted by Crippen LogP contribution is -2.24. The predicted octanol–water partition coefficient (Wildman–Crippen LogP) is 3.38. The maximum atomic E-state index is 12.6. The summed E-state index contributed by atoms with van der Waals surface area (Å²) in [5.74, 6) is -0.733. The normalized spacial score (nSPS) is 13.3. The first-order valence-electron chi connectivity index (χ1n) is 9.79. The molecule has 0 bridgehead atoms. The molecule has 7 heteroatoms. The van der Waals surface area contributed by atoms with E-state index in [1.807, 2.05) is 31.2 Å².